The van der Waals surface area contributed by atoms with Crippen LogP contribution in [0.5, 0.6) is 11.5 Å². The molecule has 170 valence electrons. The monoisotopic (exact) mass is 514 g/mol. The molecule has 0 bridgehead atoms. The highest BCUT2D eigenvalue weighted by molar-refractivity contribution is 9.10. The summed E-state index contributed by atoms with van der Waals surface area (Å²) >= 11 is 3.43. The molecular weight excluding hydrogens is 492 g/mol. The largest absolute Gasteiger partial charge is 0.489 e. The first kappa shape index (κ1) is 23.3. The topological polar surface area (TPSA) is 59.9 Å². The number of amides is 1. The van der Waals surface area contributed by atoms with E-state index in [2.05, 4.69) is 26.5 Å². The van der Waals surface area contributed by atoms with Crippen molar-refractivity contribution < 1.29 is 14.3 Å². The van der Waals surface area contributed by atoms with E-state index >= 15 is 0 Å². The van der Waals surface area contributed by atoms with Crippen molar-refractivity contribution in [1.29, 1.82) is 0 Å². The molecule has 5 nitrogen and oxygen atoms in total. The molecule has 0 fully saturated rings. The van der Waals surface area contributed by atoms with Gasteiger partial charge in [0.2, 0.25) is 0 Å². The second-order valence-electron chi connectivity index (χ2n) is 7.45. The molecule has 4 aromatic rings. The standard InChI is InChI=1S/C28H23BrN2O3/c29-25-14-10-22(11-15-25)20-34-27-9-5-4-8-24(27)18-30-31-28(32)23-12-16-26(17-13-23)33-19-21-6-2-1-3-7-21/h1-18H,19-20H2,(H,31,32). The Balaban J connectivity index is 1.30. The number of hydrogen-bond acceptors (Lipinski definition) is 4. The Hall–Kier alpha value is -3.90. The average molecular weight is 515 g/mol. The molecule has 1 N–H and O–H groups in total. The SMILES string of the molecule is O=C(NN=Cc1ccccc1OCc1ccc(Br)cc1)c1ccc(OCc2ccccc2)cc1. The highest BCUT2D eigenvalue weighted by atomic mass is 79.9. The summed E-state index contributed by atoms with van der Waals surface area (Å²) in [5.41, 5.74) is 5.96. The predicted molar refractivity (Wildman–Crippen MR) is 137 cm³/mol. The molecule has 0 atom stereocenters. The third-order valence-corrected chi connectivity index (χ3v) is 5.49. The maximum absolute atomic E-state index is 12.4. The van der Waals surface area contributed by atoms with Crippen LogP contribution in [0.25, 0.3) is 0 Å². The summed E-state index contributed by atoms with van der Waals surface area (Å²) in [5, 5.41) is 4.10. The summed E-state index contributed by atoms with van der Waals surface area (Å²) in [6.07, 6.45) is 1.58. The molecule has 0 aromatic heterocycles. The van der Waals surface area contributed by atoms with Crippen molar-refractivity contribution in [3.8, 4) is 11.5 Å². The van der Waals surface area contributed by atoms with Gasteiger partial charge in [0, 0.05) is 15.6 Å². The van der Waals surface area contributed by atoms with E-state index in [0.717, 1.165) is 21.2 Å². The molecule has 4 aromatic carbocycles. The number of hydrogen-bond donors (Lipinski definition) is 1. The number of hydrazone groups is 1. The minimum Gasteiger partial charge on any atom is -0.489 e. The number of rotatable bonds is 9. The number of para-hydroxylation sites is 1. The van der Waals surface area contributed by atoms with Crippen LogP contribution in [-0.2, 0) is 13.2 Å². The second kappa shape index (κ2) is 11.8. The molecular formula is C28H23BrN2O3. The van der Waals surface area contributed by atoms with Gasteiger partial charge in [-0.05, 0) is 59.7 Å². The zero-order chi connectivity index (χ0) is 23.6. The molecule has 0 radical (unpaired) electrons. The van der Waals surface area contributed by atoms with Crippen molar-refractivity contribution in [1.82, 2.24) is 5.43 Å². The lowest BCUT2D eigenvalue weighted by Crippen LogP contribution is -2.17. The van der Waals surface area contributed by atoms with Gasteiger partial charge >= 0.3 is 0 Å². The summed E-state index contributed by atoms with van der Waals surface area (Å²) in [6, 6.07) is 32.4. The van der Waals surface area contributed by atoms with Crippen LogP contribution in [0, 0.1) is 0 Å². The minimum absolute atomic E-state index is 0.306. The molecule has 0 unspecified atom stereocenters. The first-order valence-electron chi connectivity index (χ1n) is 10.7. The van der Waals surface area contributed by atoms with Gasteiger partial charge in [-0.25, -0.2) is 5.43 Å². The number of nitrogens with one attached hydrogen (secondary N) is 1. The van der Waals surface area contributed by atoms with Gasteiger partial charge in [0.05, 0.1) is 6.21 Å². The molecule has 0 saturated carbocycles. The third-order valence-electron chi connectivity index (χ3n) is 4.96. The second-order valence-corrected chi connectivity index (χ2v) is 8.37. The van der Waals surface area contributed by atoms with E-state index < -0.39 is 0 Å². The molecule has 0 saturated heterocycles. The van der Waals surface area contributed by atoms with Crippen LogP contribution < -0.4 is 14.9 Å². The molecule has 0 spiro atoms. The fraction of sp³-hybridized carbons (Fsp3) is 0.0714. The molecule has 0 aliphatic rings. The van der Waals surface area contributed by atoms with Crippen molar-refractivity contribution in [3.05, 3.63) is 130 Å². The van der Waals surface area contributed by atoms with Crippen LogP contribution in [0.4, 0.5) is 0 Å². The number of halogens is 1. The fourth-order valence-corrected chi connectivity index (χ4v) is 3.39. The van der Waals surface area contributed by atoms with Gasteiger partial charge in [-0.1, -0.05) is 70.5 Å². The fourth-order valence-electron chi connectivity index (χ4n) is 3.13. The van der Waals surface area contributed by atoms with Gasteiger partial charge in [0.15, 0.2) is 0 Å². The Morgan fingerprint density at radius 3 is 2.18 bits per heavy atom. The van der Waals surface area contributed by atoms with E-state index in [9.17, 15) is 4.79 Å². The van der Waals surface area contributed by atoms with Crippen LogP contribution in [-0.4, -0.2) is 12.1 Å². The van der Waals surface area contributed by atoms with Crippen molar-refractivity contribution >= 4 is 28.1 Å². The Bertz CT molecular complexity index is 1240. The van der Waals surface area contributed by atoms with Crippen LogP contribution >= 0.6 is 15.9 Å². The van der Waals surface area contributed by atoms with Gasteiger partial charge in [-0.2, -0.15) is 5.10 Å². The summed E-state index contributed by atoms with van der Waals surface area (Å²) in [7, 11) is 0. The lowest BCUT2D eigenvalue weighted by Gasteiger charge is -2.09. The van der Waals surface area contributed by atoms with Crippen LogP contribution in [0.2, 0.25) is 0 Å². The lowest BCUT2D eigenvalue weighted by atomic mass is 10.2. The average Bonchev–Trinajstić information content (AvgIpc) is 2.88. The maximum Gasteiger partial charge on any atom is 0.271 e. The van der Waals surface area contributed by atoms with Crippen LogP contribution in [0.3, 0.4) is 0 Å². The van der Waals surface area contributed by atoms with E-state index in [1.54, 1.807) is 30.5 Å². The van der Waals surface area contributed by atoms with Crippen molar-refractivity contribution in [2.24, 2.45) is 5.10 Å². The number of carbonyl (C=O) groups excluding carboxylic acids is 1. The maximum atomic E-state index is 12.4. The van der Waals surface area contributed by atoms with Gasteiger partial charge in [0.25, 0.3) is 5.91 Å². The number of benzene rings is 4. The normalized spacial score (nSPS) is 10.7. The first-order valence-corrected chi connectivity index (χ1v) is 11.5. The Morgan fingerprint density at radius 1 is 0.765 bits per heavy atom. The van der Waals surface area contributed by atoms with E-state index in [4.69, 9.17) is 9.47 Å². The Labute approximate surface area is 207 Å². The summed E-state index contributed by atoms with van der Waals surface area (Å²) < 4.78 is 12.7. The Morgan fingerprint density at radius 2 is 1.41 bits per heavy atom. The number of nitrogens with zero attached hydrogens (tertiary/aromatic N) is 1. The van der Waals surface area contributed by atoms with Gasteiger partial charge < -0.3 is 9.47 Å². The van der Waals surface area contributed by atoms with E-state index in [0.29, 0.717) is 30.3 Å². The van der Waals surface area contributed by atoms with Crippen molar-refractivity contribution in [3.63, 3.8) is 0 Å². The zero-order valence-electron chi connectivity index (χ0n) is 18.4. The van der Waals surface area contributed by atoms with Gasteiger partial charge in [-0.3, -0.25) is 4.79 Å². The van der Waals surface area contributed by atoms with E-state index in [1.165, 1.54) is 0 Å². The molecule has 1 amide bonds. The van der Waals surface area contributed by atoms with Crippen LogP contribution in [0.1, 0.15) is 27.0 Å². The highest BCUT2D eigenvalue weighted by Gasteiger charge is 2.06. The highest BCUT2D eigenvalue weighted by Crippen LogP contribution is 2.19. The molecule has 4 rings (SSSR count). The molecule has 0 aliphatic heterocycles. The van der Waals surface area contributed by atoms with E-state index in [1.807, 2.05) is 78.9 Å². The predicted octanol–water partition coefficient (Wildman–Crippen LogP) is 6.37. The number of ether oxygens (including phenoxy) is 2. The Kier molecular flexibility index (Phi) is 8.08. The van der Waals surface area contributed by atoms with Crippen molar-refractivity contribution in [2.45, 2.75) is 13.2 Å². The number of carbonyl (C=O) groups is 1. The quantitative estimate of drug-likeness (QED) is 0.208. The first-order chi connectivity index (χ1) is 16.7. The summed E-state index contributed by atoms with van der Waals surface area (Å²) in [4.78, 5) is 12.4. The summed E-state index contributed by atoms with van der Waals surface area (Å²) in [5.74, 6) is 1.07. The smallest absolute Gasteiger partial charge is 0.271 e. The molecule has 0 aliphatic carbocycles. The van der Waals surface area contributed by atoms with Crippen molar-refractivity contribution in [2.75, 3.05) is 0 Å². The lowest BCUT2D eigenvalue weighted by molar-refractivity contribution is 0.0955. The third kappa shape index (κ3) is 6.80. The minimum atomic E-state index is -0.306. The zero-order valence-corrected chi connectivity index (χ0v) is 19.9. The van der Waals surface area contributed by atoms with Gasteiger partial charge in [0.1, 0.15) is 24.7 Å². The van der Waals surface area contributed by atoms with Crippen LogP contribution in [0.15, 0.2) is 113 Å². The summed E-state index contributed by atoms with van der Waals surface area (Å²) in [6.45, 7) is 0.906. The molecule has 34 heavy (non-hydrogen) atoms. The van der Waals surface area contributed by atoms with E-state index in [-0.39, 0.29) is 5.91 Å². The molecule has 6 heteroatoms. The molecule has 0 heterocycles. The van der Waals surface area contributed by atoms with Gasteiger partial charge in [-0.15, -0.1) is 0 Å².